The largest absolute Gasteiger partial charge is 0.502 e. The minimum absolute atomic E-state index is 0.0560. The first-order valence-electron chi connectivity index (χ1n) is 11.2. The van der Waals surface area contributed by atoms with E-state index in [1.54, 1.807) is 0 Å². The highest BCUT2D eigenvalue weighted by Gasteiger charge is 2.20. The third-order valence-electron chi connectivity index (χ3n) is 5.66. The molecule has 1 saturated heterocycles. The zero-order chi connectivity index (χ0) is 24.6. The number of hydrogen-bond acceptors (Lipinski definition) is 6. The normalized spacial score (nSPS) is 13.2. The average Bonchev–Trinajstić information content (AvgIpc) is 2.88. The number of benzene rings is 2. The lowest BCUT2D eigenvalue weighted by Crippen LogP contribution is -2.47. The lowest BCUT2D eigenvalue weighted by atomic mass is 10.1. The predicted octanol–water partition coefficient (Wildman–Crippen LogP) is 2.75. The van der Waals surface area contributed by atoms with E-state index in [1.807, 2.05) is 53.4 Å². The van der Waals surface area contributed by atoms with E-state index >= 15 is 0 Å². The highest BCUT2D eigenvalue weighted by atomic mass is 16.4. The van der Waals surface area contributed by atoms with Gasteiger partial charge in [-0.15, -0.1) is 0 Å². The molecule has 1 amide bonds. The molecule has 0 unspecified atom stereocenters. The molecule has 7 heteroatoms. The number of anilines is 1. The molecule has 1 aromatic heterocycles. The molecule has 2 aromatic carbocycles. The fraction of sp³-hybridized carbons (Fsp3) is 0.214. The molecule has 4 rings (SSSR count). The molecule has 0 spiro atoms. The molecule has 0 aliphatic carbocycles. The topological polar surface area (TPSA) is 86.0 Å². The van der Waals surface area contributed by atoms with Crippen LogP contribution in [-0.2, 0) is 6.54 Å². The van der Waals surface area contributed by atoms with Crippen LogP contribution < -0.4 is 10.7 Å². The van der Waals surface area contributed by atoms with Crippen molar-refractivity contribution < 1.29 is 14.3 Å². The van der Waals surface area contributed by atoms with Gasteiger partial charge in [-0.1, -0.05) is 11.8 Å². The first kappa shape index (κ1) is 23.7. The number of hydrogen-bond donors (Lipinski definition) is 2. The van der Waals surface area contributed by atoms with Gasteiger partial charge in [-0.2, -0.15) is 0 Å². The van der Waals surface area contributed by atoms with Crippen molar-refractivity contribution in [1.82, 2.24) is 9.80 Å². The second-order valence-electron chi connectivity index (χ2n) is 8.16. The molecule has 2 heterocycles. The van der Waals surface area contributed by atoms with Crippen molar-refractivity contribution in [2.24, 2.45) is 0 Å². The van der Waals surface area contributed by atoms with Gasteiger partial charge in [0, 0.05) is 54.6 Å². The average molecular weight is 468 g/mol. The Labute approximate surface area is 204 Å². The molecule has 0 bridgehead atoms. The summed E-state index contributed by atoms with van der Waals surface area (Å²) in [4.78, 5) is 28.2. The van der Waals surface area contributed by atoms with E-state index in [-0.39, 0.29) is 18.2 Å². The van der Waals surface area contributed by atoms with Crippen molar-refractivity contribution in [2.45, 2.75) is 6.54 Å². The number of carbonyl (C=O) groups excluding carboxylic acids is 1. The Kier molecular flexibility index (Phi) is 7.52. The fourth-order valence-electron chi connectivity index (χ4n) is 3.52. The van der Waals surface area contributed by atoms with Crippen molar-refractivity contribution in [2.75, 3.05) is 38.5 Å². The van der Waals surface area contributed by atoms with E-state index in [1.165, 1.54) is 12.3 Å². The van der Waals surface area contributed by atoms with Crippen LogP contribution >= 0.6 is 0 Å². The molecule has 7 nitrogen and oxygen atoms in total. The number of rotatable bonds is 4. The molecule has 1 aliphatic heterocycles. The minimum atomic E-state index is -0.477. The van der Waals surface area contributed by atoms with Crippen LogP contribution in [0.1, 0.15) is 27.2 Å². The van der Waals surface area contributed by atoms with Crippen LogP contribution in [0.5, 0.6) is 5.75 Å². The smallest absolute Gasteiger partial charge is 0.253 e. The standard InChI is InChI=1S/C28H25N3O4/c1-30-15-17-31(18-16-30)28(34)23-10-6-21(7-11-23)4-2-3-5-22-8-12-24(13-9-22)29-20-26-27(33)25(32)14-19-35-26/h6-14,19,29,33H,15-18,20H2,1H3. The molecular formula is C28H25N3O4. The Morgan fingerprint density at radius 2 is 1.54 bits per heavy atom. The highest BCUT2D eigenvalue weighted by Crippen LogP contribution is 2.15. The van der Waals surface area contributed by atoms with Crippen LogP contribution in [-0.4, -0.2) is 54.0 Å². The molecule has 0 radical (unpaired) electrons. The summed E-state index contributed by atoms with van der Waals surface area (Å²) in [6, 6.07) is 15.8. The van der Waals surface area contributed by atoms with Gasteiger partial charge in [-0.25, -0.2) is 0 Å². The van der Waals surface area contributed by atoms with E-state index in [9.17, 15) is 14.7 Å². The number of nitrogens with one attached hydrogen (secondary N) is 1. The SMILES string of the molecule is CN1CCN(C(=O)c2ccc(C#CC#Cc3ccc(NCc4occc(=O)c4O)cc3)cc2)CC1. The maximum atomic E-state index is 12.6. The van der Waals surface area contributed by atoms with Crippen molar-refractivity contribution in [1.29, 1.82) is 0 Å². The Morgan fingerprint density at radius 3 is 2.17 bits per heavy atom. The third kappa shape index (κ3) is 6.32. The van der Waals surface area contributed by atoms with Crippen LogP contribution in [0.4, 0.5) is 5.69 Å². The van der Waals surface area contributed by atoms with Gasteiger partial charge in [-0.05, 0) is 67.4 Å². The first-order valence-corrected chi connectivity index (χ1v) is 11.2. The van der Waals surface area contributed by atoms with Crippen molar-refractivity contribution in [3.8, 4) is 29.4 Å². The lowest BCUT2D eigenvalue weighted by Gasteiger charge is -2.32. The summed E-state index contributed by atoms with van der Waals surface area (Å²) in [6.45, 7) is 3.46. The molecule has 35 heavy (non-hydrogen) atoms. The van der Waals surface area contributed by atoms with Gasteiger partial charge in [0.1, 0.15) is 0 Å². The number of carbonyl (C=O) groups is 1. The predicted molar refractivity (Wildman–Crippen MR) is 134 cm³/mol. The molecule has 1 aliphatic rings. The zero-order valence-corrected chi connectivity index (χ0v) is 19.4. The van der Waals surface area contributed by atoms with Gasteiger partial charge >= 0.3 is 0 Å². The van der Waals surface area contributed by atoms with Gasteiger partial charge in [0.25, 0.3) is 5.91 Å². The van der Waals surface area contributed by atoms with Crippen LogP contribution in [0.2, 0.25) is 0 Å². The zero-order valence-electron chi connectivity index (χ0n) is 19.4. The van der Waals surface area contributed by atoms with Crippen LogP contribution in [0.15, 0.2) is 70.1 Å². The summed E-state index contributed by atoms with van der Waals surface area (Å²) in [5.74, 6) is 11.5. The quantitative estimate of drug-likeness (QED) is 0.574. The van der Waals surface area contributed by atoms with Gasteiger partial charge in [0.15, 0.2) is 5.76 Å². The Hall–Kier alpha value is -4.46. The molecular weight excluding hydrogens is 442 g/mol. The van der Waals surface area contributed by atoms with Gasteiger partial charge in [-0.3, -0.25) is 9.59 Å². The number of piperazine rings is 1. The second kappa shape index (κ2) is 11.1. The summed E-state index contributed by atoms with van der Waals surface area (Å²) in [6.07, 6.45) is 1.25. The summed E-state index contributed by atoms with van der Waals surface area (Å²) in [5.41, 5.74) is 2.58. The van der Waals surface area contributed by atoms with E-state index in [0.717, 1.165) is 43.0 Å². The Bertz CT molecular complexity index is 1360. The minimum Gasteiger partial charge on any atom is -0.502 e. The van der Waals surface area contributed by atoms with E-state index in [0.29, 0.717) is 5.56 Å². The fourth-order valence-corrected chi connectivity index (χ4v) is 3.52. The van der Waals surface area contributed by atoms with E-state index < -0.39 is 11.2 Å². The lowest BCUT2D eigenvalue weighted by molar-refractivity contribution is 0.0664. The first-order chi connectivity index (χ1) is 17.0. The highest BCUT2D eigenvalue weighted by molar-refractivity contribution is 5.94. The second-order valence-corrected chi connectivity index (χ2v) is 8.16. The number of amides is 1. The van der Waals surface area contributed by atoms with Gasteiger partial charge in [0.05, 0.1) is 12.8 Å². The maximum absolute atomic E-state index is 12.6. The number of aromatic hydroxyl groups is 1. The summed E-state index contributed by atoms with van der Waals surface area (Å²) in [5, 5.41) is 12.8. The molecule has 2 N–H and O–H groups in total. The monoisotopic (exact) mass is 467 g/mol. The van der Waals surface area contributed by atoms with Crippen molar-refractivity contribution in [3.63, 3.8) is 0 Å². The Balaban J connectivity index is 1.31. The molecule has 176 valence electrons. The molecule has 0 saturated carbocycles. The number of nitrogens with zero attached hydrogens (tertiary/aromatic N) is 2. The molecule has 1 fully saturated rings. The van der Waals surface area contributed by atoms with E-state index in [2.05, 4.69) is 40.9 Å². The van der Waals surface area contributed by atoms with Crippen molar-refractivity contribution >= 4 is 11.6 Å². The van der Waals surface area contributed by atoms with Crippen LogP contribution in [0.25, 0.3) is 0 Å². The van der Waals surface area contributed by atoms with Crippen LogP contribution in [0, 0.1) is 23.7 Å². The molecule has 3 aromatic rings. The van der Waals surface area contributed by atoms with E-state index in [4.69, 9.17) is 4.42 Å². The van der Waals surface area contributed by atoms with Crippen LogP contribution in [0.3, 0.4) is 0 Å². The molecule has 0 atom stereocenters. The maximum Gasteiger partial charge on any atom is 0.253 e. The Morgan fingerprint density at radius 1 is 0.943 bits per heavy atom. The van der Waals surface area contributed by atoms with Crippen molar-refractivity contribution in [3.05, 3.63) is 93.5 Å². The van der Waals surface area contributed by atoms with Gasteiger partial charge < -0.3 is 24.6 Å². The third-order valence-corrected chi connectivity index (χ3v) is 5.66. The van der Waals surface area contributed by atoms with Gasteiger partial charge in [0.2, 0.25) is 11.2 Å². The summed E-state index contributed by atoms with van der Waals surface area (Å²) in [7, 11) is 2.06. The summed E-state index contributed by atoms with van der Waals surface area (Å²) < 4.78 is 5.17. The number of likely N-dealkylation sites (N-methyl/N-ethyl adjacent to an activating group) is 1. The summed E-state index contributed by atoms with van der Waals surface area (Å²) >= 11 is 0.